The number of benzene rings is 1. The number of H-pyrrole nitrogens is 1. The zero-order valence-corrected chi connectivity index (χ0v) is 16.9. The molecule has 0 bridgehead atoms. The highest BCUT2D eigenvalue weighted by molar-refractivity contribution is 5.92. The molecule has 1 atom stereocenters. The van der Waals surface area contributed by atoms with Crippen molar-refractivity contribution in [3.05, 3.63) is 59.0 Å². The number of imidazole rings is 1. The second-order valence-electron chi connectivity index (χ2n) is 8.15. The number of hydrogen-bond donors (Lipinski definition) is 1. The normalized spacial score (nSPS) is 21.2. The van der Waals surface area contributed by atoms with Crippen LogP contribution in [0.4, 0.5) is 0 Å². The Labute approximate surface area is 174 Å². The van der Waals surface area contributed by atoms with Crippen LogP contribution in [-0.4, -0.2) is 60.9 Å². The molecule has 0 spiro atoms. The molecule has 8 heteroatoms. The van der Waals surface area contributed by atoms with E-state index in [-0.39, 0.29) is 17.8 Å². The molecule has 4 heterocycles. The zero-order chi connectivity index (χ0) is 20.5. The molecule has 5 rings (SSSR count). The van der Waals surface area contributed by atoms with Crippen LogP contribution in [0.3, 0.4) is 0 Å². The summed E-state index contributed by atoms with van der Waals surface area (Å²) in [6.45, 7) is 2.39. The number of nitrogens with zero attached hydrogens (tertiary/aromatic N) is 5. The number of amides is 1. The molecule has 0 saturated carbocycles. The molecule has 2 saturated heterocycles. The Morgan fingerprint density at radius 3 is 2.67 bits per heavy atom. The van der Waals surface area contributed by atoms with Crippen molar-refractivity contribution in [1.29, 1.82) is 0 Å². The quantitative estimate of drug-likeness (QED) is 0.722. The summed E-state index contributed by atoms with van der Waals surface area (Å²) >= 11 is 0. The van der Waals surface area contributed by atoms with Gasteiger partial charge in [-0.1, -0.05) is 12.1 Å². The zero-order valence-electron chi connectivity index (χ0n) is 16.9. The van der Waals surface area contributed by atoms with E-state index in [0.717, 1.165) is 49.7 Å². The average molecular weight is 406 g/mol. The Hall–Kier alpha value is -3.00. The van der Waals surface area contributed by atoms with Gasteiger partial charge < -0.3 is 9.88 Å². The third-order valence-corrected chi connectivity index (χ3v) is 6.44. The second kappa shape index (κ2) is 8.02. The number of rotatable bonds is 3. The Kier molecular flexibility index (Phi) is 5.08. The molecule has 1 N–H and O–H groups in total. The number of aromatic nitrogens is 4. The highest BCUT2D eigenvalue weighted by Gasteiger charge is 2.34. The molecule has 30 heavy (non-hydrogen) atoms. The maximum Gasteiger partial charge on any atom is 0.327 e. The van der Waals surface area contributed by atoms with Crippen molar-refractivity contribution in [2.24, 2.45) is 0 Å². The third-order valence-electron chi connectivity index (χ3n) is 6.44. The molecule has 8 nitrogen and oxygen atoms in total. The largest absolute Gasteiger partial charge is 0.337 e. The highest BCUT2D eigenvalue weighted by Crippen LogP contribution is 2.32. The lowest BCUT2D eigenvalue weighted by atomic mass is 9.97. The number of likely N-dealkylation sites (tertiary alicyclic amines) is 2. The van der Waals surface area contributed by atoms with Crippen LogP contribution < -0.4 is 5.69 Å². The van der Waals surface area contributed by atoms with E-state index in [1.54, 1.807) is 12.4 Å². The van der Waals surface area contributed by atoms with Gasteiger partial charge in [0.15, 0.2) is 0 Å². The molecule has 3 aromatic rings. The fourth-order valence-electron chi connectivity index (χ4n) is 4.98. The molecule has 1 aromatic carbocycles. The van der Waals surface area contributed by atoms with E-state index in [4.69, 9.17) is 0 Å². The van der Waals surface area contributed by atoms with Crippen LogP contribution in [-0.2, 0) is 0 Å². The van der Waals surface area contributed by atoms with Gasteiger partial charge in [0.25, 0.3) is 5.91 Å². The van der Waals surface area contributed by atoms with Gasteiger partial charge in [-0.2, -0.15) is 0 Å². The van der Waals surface area contributed by atoms with Crippen molar-refractivity contribution in [2.75, 3.05) is 19.6 Å². The van der Waals surface area contributed by atoms with Gasteiger partial charge in [-0.05, 0) is 44.2 Å². The number of carbonyl (C=O) groups excluding carboxylic acids is 1. The van der Waals surface area contributed by atoms with Crippen molar-refractivity contribution in [1.82, 2.24) is 29.3 Å². The first kappa shape index (κ1) is 19.0. The molecule has 2 aliphatic rings. The van der Waals surface area contributed by atoms with E-state index in [9.17, 15) is 9.59 Å². The molecule has 1 unspecified atom stereocenters. The topological polar surface area (TPSA) is 87.1 Å². The van der Waals surface area contributed by atoms with Gasteiger partial charge in [-0.3, -0.25) is 19.2 Å². The monoisotopic (exact) mass is 406 g/mol. The van der Waals surface area contributed by atoms with Gasteiger partial charge in [0.2, 0.25) is 0 Å². The van der Waals surface area contributed by atoms with Crippen LogP contribution in [0.15, 0.2) is 47.7 Å². The Morgan fingerprint density at radius 1 is 1.03 bits per heavy atom. The van der Waals surface area contributed by atoms with Gasteiger partial charge in [-0.15, -0.1) is 0 Å². The van der Waals surface area contributed by atoms with Gasteiger partial charge in [0.05, 0.1) is 23.4 Å². The van der Waals surface area contributed by atoms with Crippen LogP contribution in [0.1, 0.15) is 48.8 Å². The molecular formula is C22H26N6O2. The molecule has 2 aromatic heterocycles. The van der Waals surface area contributed by atoms with Gasteiger partial charge >= 0.3 is 5.69 Å². The SMILES string of the molecule is O=C(c1cnccn1)N1CCC(N2CCCCC2n2c(=O)[nH]c3ccccc32)CC1. The molecule has 2 aliphatic heterocycles. The lowest BCUT2D eigenvalue weighted by Crippen LogP contribution is -2.51. The predicted molar refractivity (Wildman–Crippen MR) is 113 cm³/mol. The smallest absolute Gasteiger partial charge is 0.327 e. The van der Waals surface area contributed by atoms with Crippen LogP contribution in [0.2, 0.25) is 0 Å². The van der Waals surface area contributed by atoms with Crippen molar-refractivity contribution >= 4 is 16.9 Å². The van der Waals surface area contributed by atoms with Crippen molar-refractivity contribution in [2.45, 2.75) is 44.3 Å². The van der Waals surface area contributed by atoms with Crippen LogP contribution in [0, 0.1) is 0 Å². The van der Waals surface area contributed by atoms with Crippen LogP contribution in [0.25, 0.3) is 11.0 Å². The van der Waals surface area contributed by atoms with Crippen molar-refractivity contribution in [3.63, 3.8) is 0 Å². The predicted octanol–water partition coefficient (Wildman–Crippen LogP) is 2.41. The molecule has 156 valence electrons. The van der Waals surface area contributed by atoms with Crippen LogP contribution >= 0.6 is 0 Å². The second-order valence-corrected chi connectivity index (χ2v) is 8.15. The Morgan fingerprint density at radius 2 is 1.87 bits per heavy atom. The number of piperidine rings is 2. The molecule has 2 fully saturated rings. The minimum atomic E-state index is -0.0513. The minimum Gasteiger partial charge on any atom is -0.337 e. The first-order chi connectivity index (χ1) is 14.7. The molecule has 1 amide bonds. The minimum absolute atomic E-state index is 0.0386. The maximum atomic E-state index is 12.8. The summed E-state index contributed by atoms with van der Waals surface area (Å²) in [5, 5.41) is 0. The average Bonchev–Trinajstić information content (AvgIpc) is 3.15. The fourth-order valence-corrected chi connectivity index (χ4v) is 4.98. The Balaban J connectivity index is 1.34. The van der Waals surface area contributed by atoms with E-state index < -0.39 is 0 Å². The summed E-state index contributed by atoms with van der Waals surface area (Å²) in [4.78, 5) is 41.0. The summed E-state index contributed by atoms with van der Waals surface area (Å²) in [6, 6.07) is 8.27. The molecule has 0 aliphatic carbocycles. The first-order valence-electron chi connectivity index (χ1n) is 10.7. The number of hydrogen-bond acceptors (Lipinski definition) is 5. The third kappa shape index (κ3) is 3.41. The Bertz CT molecular complexity index is 1080. The lowest BCUT2D eigenvalue weighted by Gasteiger charge is -2.44. The van der Waals surface area contributed by atoms with Gasteiger partial charge in [-0.25, -0.2) is 9.78 Å². The fraction of sp³-hybridized carbons (Fsp3) is 0.455. The molecular weight excluding hydrogens is 380 g/mol. The van der Waals surface area contributed by atoms with E-state index >= 15 is 0 Å². The summed E-state index contributed by atoms with van der Waals surface area (Å²) in [6.07, 6.45) is 9.76. The van der Waals surface area contributed by atoms with Crippen molar-refractivity contribution < 1.29 is 4.79 Å². The van der Waals surface area contributed by atoms with E-state index in [1.807, 2.05) is 33.7 Å². The summed E-state index contributed by atoms with van der Waals surface area (Å²) in [5.41, 5.74) is 2.22. The number of carbonyl (C=O) groups is 1. The number of para-hydroxylation sites is 2. The van der Waals surface area contributed by atoms with E-state index in [2.05, 4.69) is 19.9 Å². The summed E-state index contributed by atoms with van der Waals surface area (Å²) in [7, 11) is 0. The lowest BCUT2D eigenvalue weighted by molar-refractivity contribution is 0.0180. The number of aromatic amines is 1. The maximum absolute atomic E-state index is 12.8. The highest BCUT2D eigenvalue weighted by atomic mass is 16.2. The molecule has 0 radical (unpaired) electrons. The summed E-state index contributed by atoms with van der Waals surface area (Å²) in [5.74, 6) is -0.0513. The van der Waals surface area contributed by atoms with Gasteiger partial charge in [0, 0.05) is 38.1 Å². The van der Waals surface area contributed by atoms with E-state index in [0.29, 0.717) is 24.8 Å². The first-order valence-corrected chi connectivity index (χ1v) is 10.7. The number of nitrogens with one attached hydrogen (secondary N) is 1. The van der Waals surface area contributed by atoms with E-state index in [1.165, 1.54) is 6.20 Å². The number of fused-ring (bicyclic) bond motifs is 1. The summed E-state index contributed by atoms with van der Waals surface area (Å²) < 4.78 is 1.94. The van der Waals surface area contributed by atoms with Crippen LogP contribution in [0.5, 0.6) is 0 Å². The van der Waals surface area contributed by atoms with Crippen molar-refractivity contribution in [3.8, 4) is 0 Å². The van der Waals surface area contributed by atoms with Gasteiger partial charge in [0.1, 0.15) is 5.69 Å². The standard InChI is InChI=1S/C22H26N6O2/c29-21(18-15-23-10-11-24-18)26-13-8-16(9-14-26)27-12-4-3-7-20(27)28-19-6-2-1-5-17(19)25-22(28)30/h1-2,5-6,10-11,15-16,20H,3-4,7-9,12-14H2,(H,25,30).